The van der Waals surface area contributed by atoms with Gasteiger partial charge in [-0.25, -0.2) is 0 Å². The Bertz CT molecular complexity index is 501. The highest BCUT2D eigenvalue weighted by Gasteiger charge is 2.31. The molecule has 1 heterocycles. The van der Waals surface area contributed by atoms with Gasteiger partial charge in [0.15, 0.2) is 0 Å². The number of carboxylic acids is 1. The van der Waals surface area contributed by atoms with Crippen LogP contribution in [0, 0.1) is 0 Å². The maximum atomic E-state index is 12.0. The Morgan fingerprint density at radius 2 is 2.10 bits per heavy atom. The molecule has 1 fully saturated rings. The number of anilines is 1. The van der Waals surface area contributed by atoms with Crippen molar-refractivity contribution in [1.82, 2.24) is 4.90 Å². The minimum absolute atomic E-state index is 0.101. The first-order valence-electron chi connectivity index (χ1n) is 7.09. The lowest BCUT2D eigenvalue weighted by Gasteiger charge is -2.20. The van der Waals surface area contributed by atoms with Gasteiger partial charge >= 0.3 is 5.97 Å². The van der Waals surface area contributed by atoms with Gasteiger partial charge in [-0.3, -0.25) is 14.5 Å². The molecule has 1 aliphatic rings. The summed E-state index contributed by atoms with van der Waals surface area (Å²) in [5.41, 5.74) is 0.675. The third-order valence-electron chi connectivity index (χ3n) is 3.44. The zero-order valence-corrected chi connectivity index (χ0v) is 12.0. The molecule has 0 bridgehead atoms. The molecule has 0 spiro atoms. The molecule has 1 amide bonds. The minimum atomic E-state index is -0.860. The number of carbonyl (C=O) groups is 2. The van der Waals surface area contributed by atoms with Gasteiger partial charge in [-0.05, 0) is 50.6 Å². The van der Waals surface area contributed by atoms with Crippen LogP contribution >= 0.6 is 0 Å². The highest BCUT2D eigenvalue weighted by atomic mass is 16.5. The van der Waals surface area contributed by atoms with Gasteiger partial charge < -0.3 is 15.2 Å². The van der Waals surface area contributed by atoms with E-state index in [9.17, 15) is 9.59 Å². The van der Waals surface area contributed by atoms with Crippen LogP contribution in [0.2, 0.25) is 0 Å². The third kappa shape index (κ3) is 4.19. The number of nitrogens with one attached hydrogen (secondary N) is 1. The van der Waals surface area contributed by atoms with Gasteiger partial charge in [0.25, 0.3) is 0 Å². The van der Waals surface area contributed by atoms with Crippen molar-refractivity contribution in [3.63, 3.8) is 0 Å². The average Bonchev–Trinajstić information content (AvgIpc) is 2.89. The molecule has 2 N–H and O–H groups in total. The van der Waals surface area contributed by atoms with Crippen LogP contribution in [-0.4, -0.2) is 47.6 Å². The molecular weight excluding hydrogens is 272 g/mol. The first kappa shape index (κ1) is 15.3. The fourth-order valence-electron chi connectivity index (χ4n) is 2.48. The number of carboxylic acid groups (broad SMARTS) is 1. The van der Waals surface area contributed by atoms with E-state index in [0.29, 0.717) is 25.3 Å². The molecule has 0 aliphatic carbocycles. The summed E-state index contributed by atoms with van der Waals surface area (Å²) >= 11 is 0. The Morgan fingerprint density at radius 3 is 2.71 bits per heavy atom. The summed E-state index contributed by atoms with van der Waals surface area (Å²) < 4.78 is 5.33. The predicted octanol–water partition coefficient (Wildman–Crippen LogP) is 1.57. The van der Waals surface area contributed by atoms with Gasteiger partial charge in [0.1, 0.15) is 11.8 Å². The van der Waals surface area contributed by atoms with Crippen LogP contribution in [-0.2, 0) is 9.59 Å². The van der Waals surface area contributed by atoms with E-state index in [-0.39, 0.29) is 12.5 Å². The van der Waals surface area contributed by atoms with Crippen LogP contribution in [0.5, 0.6) is 5.75 Å². The molecule has 1 saturated heterocycles. The lowest BCUT2D eigenvalue weighted by atomic mass is 10.2. The topological polar surface area (TPSA) is 78.9 Å². The second kappa shape index (κ2) is 7.08. The molecule has 21 heavy (non-hydrogen) atoms. The molecule has 114 valence electrons. The smallest absolute Gasteiger partial charge is 0.320 e. The van der Waals surface area contributed by atoms with E-state index >= 15 is 0 Å². The number of likely N-dealkylation sites (tertiary alicyclic amines) is 1. The fraction of sp³-hybridized carbons (Fsp3) is 0.467. The average molecular weight is 292 g/mol. The van der Waals surface area contributed by atoms with Crippen molar-refractivity contribution in [2.75, 3.05) is 25.0 Å². The number of nitrogens with zero attached hydrogens (tertiary/aromatic N) is 1. The Hall–Kier alpha value is -2.08. The number of amides is 1. The Balaban J connectivity index is 1.88. The molecule has 1 aromatic rings. The molecule has 0 radical (unpaired) electrons. The molecule has 0 saturated carbocycles. The van der Waals surface area contributed by atoms with Crippen LogP contribution in [0.1, 0.15) is 19.8 Å². The molecule has 0 aromatic heterocycles. The zero-order chi connectivity index (χ0) is 15.2. The molecule has 1 aliphatic heterocycles. The standard InChI is InChI=1S/C15H20N2O4/c1-2-21-12-7-5-11(6-8-12)16-14(18)10-17-9-3-4-13(17)15(19)20/h5-8,13H,2-4,9-10H2,1H3,(H,16,18)(H,19,20)/t13-/m1/s1. The van der Waals surface area contributed by atoms with Crippen LogP contribution < -0.4 is 10.1 Å². The van der Waals surface area contributed by atoms with Crippen LogP contribution in [0.4, 0.5) is 5.69 Å². The van der Waals surface area contributed by atoms with Gasteiger partial charge in [0.05, 0.1) is 13.2 Å². The lowest BCUT2D eigenvalue weighted by Crippen LogP contribution is -2.40. The van der Waals surface area contributed by atoms with Gasteiger partial charge in [-0.1, -0.05) is 0 Å². The number of rotatable bonds is 6. The summed E-state index contributed by atoms with van der Waals surface area (Å²) in [5, 5.41) is 11.8. The fourth-order valence-corrected chi connectivity index (χ4v) is 2.48. The number of hydrogen-bond acceptors (Lipinski definition) is 4. The largest absolute Gasteiger partial charge is 0.494 e. The van der Waals surface area contributed by atoms with Crippen molar-refractivity contribution >= 4 is 17.6 Å². The first-order chi connectivity index (χ1) is 10.1. The second-order valence-electron chi connectivity index (χ2n) is 4.97. The maximum absolute atomic E-state index is 12.0. The molecule has 6 heteroatoms. The Kier molecular flexibility index (Phi) is 5.16. The van der Waals surface area contributed by atoms with Crippen molar-refractivity contribution in [1.29, 1.82) is 0 Å². The lowest BCUT2D eigenvalue weighted by molar-refractivity contribution is -0.142. The maximum Gasteiger partial charge on any atom is 0.320 e. The second-order valence-corrected chi connectivity index (χ2v) is 4.97. The first-order valence-corrected chi connectivity index (χ1v) is 7.09. The zero-order valence-electron chi connectivity index (χ0n) is 12.0. The van der Waals surface area contributed by atoms with Gasteiger partial charge in [-0.15, -0.1) is 0 Å². The van der Waals surface area contributed by atoms with Crippen molar-refractivity contribution < 1.29 is 19.4 Å². The quantitative estimate of drug-likeness (QED) is 0.832. The van der Waals surface area contributed by atoms with Crippen molar-refractivity contribution in [2.24, 2.45) is 0 Å². The number of ether oxygens (including phenoxy) is 1. The van der Waals surface area contributed by atoms with Crippen LogP contribution in [0.3, 0.4) is 0 Å². The minimum Gasteiger partial charge on any atom is -0.494 e. The van der Waals surface area contributed by atoms with Gasteiger partial charge in [-0.2, -0.15) is 0 Å². The SMILES string of the molecule is CCOc1ccc(NC(=O)CN2CCC[C@@H]2C(=O)O)cc1. The van der Waals surface area contributed by atoms with Crippen molar-refractivity contribution in [2.45, 2.75) is 25.8 Å². The molecular formula is C15H20N2O4. The molecule has 2 rings (SSSR count). The van der Waals surface area contributed by atoms with E-state index in [1.54, 1.807) is 29.2 Å². The number of aliphatic carboxylic acids is 1. The van der Waals surface area contributed by atoms with E-state index in [1.807, 2.05) is 6.92 Å². The van der Waals surface area contributed by atoms with E-state index in [0.717, 1.165) is 12.2 Å². The Morgan fingerprint density at radius 1 is 1.38 bits per heavy atom. The van der Waals surface area contributed by atoms with Crippen molar-refractivity contribution in [3.05, 3.63) is 24.3 Å². The molecule has 0 unspecified atom stereocenters. The number of benzene rings is 1. The van der Waals surface area contributed by atoms with E-state index in [1.165, 1.54) is 0 Å². The van der Waals surface area contributed by atoms with E-state index in [4.69, 9.17) is 9.84 Å². The summed E-state index contributed by atoms with van der Waals surface area (Å²) in [7, 11) is 0. The van der Waals surface area contributed by atoms with Gasteiger partial charge in [0.2, 0.25) is 5.91 Å². The number of carbonyl (C=O) groups excluding carboxylic acids is 1. The van der Waals surface area contributed by atoms with Crippen LogP contribution in [0.15, 0.2) is 24.3 Å². The summed E-state index contributed by atoms with van der Waals surface area (Å²) in [6.07, 6.45) is 1.42. The Labute approximate surface area is 123 Å². The third-order valence-corrected chi connectivity index (χ3v) is 3.44. The van der Waals surface area contributed by atoms with Gasteiger partial charge in [0, 0.05) is 5.69 Å². The van der Waals surface area contributed by atoms with Crippen LogP contribution in [0.25, 0.3) is 0 Å². The summed E-state index contributed by atoms with van der Waals surface area (Å²) in [5.74, 6) is -0.310. The van der Waals surface area contributed by atoms with E-state index < -0.39 is 12.0 Å². The summed E-state index contributed by atoms with van der Waals surface area (Å²) in [6, 6.07) is 6.56. The summed E-state index contributed by atoms with van der Waals surface area (Å²) in [4.78, 5) is 24.7. The monoisotopic (exact) mass is 292 g/mol. The highest BCUT2D eigenvalue weighted by Crippen LogP contribution is 2.18. The highest BCUT2D eigenvalue weighted by molar-refractivity contribution is 5.92. The number of hydrogen-bond donors (Lipinski definition) is 2. The normalized spacial score (nSPS) is 18.4. The molecule has 6 nitrogen and oxygen atoms in total. The molecule has 1 atom stereocenters. The van der Waals surface area contributed by atoms with Crippen molar-refractivity contribution in [3.8, 4) is 5.75 Å². The predicted molar refractivity (Wildman–Crippen MR) is 78.5 cm³/mol. The van der Waals surface area contributed by atoms with E-state index in [2.05, 4.69) is 5.32 Å². The summed E-state index contributed by atoms with van der Waals surface area (Å²) in [6.45, 7) is 3.25. The molecule has 1 aromatic carbocycles.